The minimum absolute atomic E-state index is 0.0558. The van der Waals surface area contributed by atoms with Crippen molar-refractivity contribution in [3.05, 3.63) is 12.2 Å². The topological polar surface area (TPSA) is 134 Å². The quantitative estimate of drug-likeness (QED) is 0.0267. The molecule has 2 atom stereocenters. The van der Waals surface area contributed by atoms with E-state index in [2.05, 4.69) is 26.0 Å². The number of phosphoric ester groups is 1. The SMILES string of the molecule is CCCCCC/C=C/CCCCCCCCCC(=O)OC[C@H](COP(=O)(O)OCCN)OC(=O)CCCCCCCCCCCCCCCCCCCCC. The molecule has 0 heterocycles. The smallest absolute Gasteiger partial charge is 0.462 e. The number of hydrogen-bond donors (Lipinski definition) is 2. The van der Waals surface area contributed by atoms with Crippen LogP contribution in [0, 0.1) is 0 Å². The monoisotopic (exact) mass is 802 g/mol. The van der Waals surface area contributed by atoms with Crippen molar-refractivity contribution in [2.45, 2.75) is 238 Å². The lowest BCUT2D eigenvalue weighted by atomic mass is 10.0. The Labute approximate surface area is 339 Å². The van der Waals surface area contributed by atoms with Crippen molar-refractivity contribution in [2.75, 3.05) is 26.4 Å². The lowest BCUT2D eigenvalue weighted by Gasteiger charge is -2.19. The molecule has 0 aromatic rings. The maximum Gasteiger partial charge on any atom is 0.472 e. The maximum atomic E-state index is 12.6. The van der Waals surface area contributed by atoms with Gasteiger partial charge in [0.15, 0.2) is 6.10 Å². The number of nitrogens with two attached hydrogens (primary N) is 1. The van der Waals surface area contributed by atoms with Crippen LogP contribution in [0.1, 0.15) is 232 Å². The highest BCUT2D eigenvalue weighted by Crippen LogP contribution is 2.43. The van der Waals surface area contributed by atoms with Crippen LogP contribution in [0.25, 0.3) is 0 Å². The average Bonchev–Trinajstić information content (AvgIpc) is 3.17. The van der Waals surface area contributed by atoms with Gasteiger partial charge >= 0.3 is 19.8 Å². The minimum Gasteiger partial charge on any atom is -0.462 e. The maximum absolute atomic E-state index is 12.6. The summed E-state index contributed by atoms with van der Waals surface area (Å²) in [7, 11) is -4.37. The van der Waals surface area contributed by atoms with Gasteiger partial charge in [0, 0.05) is 19.4 Å². The lowest BCUT2D eigenvalue weighted by Crippen LogP contribution is -2.29. The van der Waals surface area contributed by atoms with Crippen LogP contribution in [0.2, 0.25) is 0 Å². The Bertz CT molecular complexity index is 917. The molecule has 3 N–H and O–H groups in total. The van der Waals surface area contributed by atoms with Gasteiger partial charge < -0.3 is 20.1 Å². The Kier molecular flexibility index (Phi) is 41.4. The molecule has 326 valence electrons. The van der Waals surface area contributed by atoms with Gasteiger partial charge in [-0.05, 0) is 38.5 Å². The highest BCUT2D eigenvalue weighted by Gasteiger charge is 2.26. The predicted octanol–water partition coefficient (Wildman–Crippen LogP) is 13.4. The van der Waals surface area contributed by atoms with E-state index in [1.54, 1.807) is 0 Å². The number of hydrogen-bond acceptors (Lipinski definition) is 8. The number of allylic oxidation sites excluding steroid dienone is 2. The molecule has 0 rings (SSSR count). The van der Waals surface area contributed by atoms with Crippen molar-refractivity contribution in [3.8, 4) is 0 Å². The number of esters is 2. The molecule has 0 aliphatic heterocycles. The Hall–Kier alpha value is -1.25. The van der Waals surface area contributed by atoms with Gasteiger partial charge in [-0.1, -0.05) is 193 Å². The van der Waals surface area contributed by atoms with Gasteiger partial charge in [-0.15, -0.1) is 0 Å². The highest BCUT2D eigenvalue weighted by atomic mass is 31.2. The second-order valence-electron chi connectivity index (χ2n) is 15.6. The van der Waals surface area contributed by atoms with Gasteiger partial charge in [-0.25, -0.2) is 4.57 Å². The molecule has 0 saturated carbocycles. The Morgan fingerprint density at radius 1 is 0.527 bits per heavy atom. The van der Waals surface area contributed by atoms with Gasteiger partial charge in [0.05, 0.1) is 13.2 Å². The van der Waals surface area contributed by atoms with Crippen molar-refractivity contribution in [1.29, 1.82) is 0 Å². The molecule has 0 aromatic carbocycles. The van der Waals surface area contributed by atoms with E-state index in [1.807, 2.05) is 0 Å². The molecule has 0 radical (unpaired) electrons. The molecule has 55 heavy (non-hydrogen) atoms. The highest BCUT2D eigenvalue weighted by molar-refractivity contribution is 7.47. The molecule has 0 amide bonds. The number of phosphoric acid groups is 1. The van der Waals surface area contributed by atoms with Gasteiger partial charge in [0.1, 0.15) is 6.61 Å². The Morgan fingerprint density at radius 2 is 0.891 bits per heavy atom. The van der Waals surface area contributed by atoms with Crippen LogP contribution in [0.15, 0.2) is 12.2 Å². The predicted molar refractivity (Wildman–Crippen MR) is 229 cm³/mol. The molecule has 0 aliphatic carbocycles. The van der Waals surface area contributed by atoms with Crippen molar-refractivity contribution in [1.82, 2.24) is 0 Å². The van der Waals surface area contributed by atoms with E-state index in [-0.39, 0.29) is 38.6 Å². The number of rotatable bonds is 44. The average molecular weight is 802 g/mol. The zero-order chi connectivity index (χ0) is 40.3. The number of ether oxygens (including phenoxy) is 2. The molecule has 0 saturated heterocycles. The number of carbonyl (C=O) groups is 2. The van der Waals surface area contributed by atoms with Crippen LogP contribution >= 0.6 is 7.82 Å². The fourth-order valence-corrected chi connectivity index (χ4v) is 7.45. The molecule has 1 unspecified atom stereocenters. The zero-order valence-electron chi connectivity index (χ0n) is 35.9. The third kappa shape index (κ3) is 42.2. The first kappa shape index (κ1) is 53.8. The van der Waals surface area contributed by atoms with E-state index < -0.39 is 26.5 Å². The van der Waals surface area contributed by atoms with Crippen molar-refractivity contribution >= 4 is 19.8 Å². The van der Waals surface area contributed by atoms with E-state index >= 15 is 0 Å². The summed E-state index contributed by atoms with van der Waals surface area (Å²) < 4.78 is 32.8. The van der Waals surface area contributed by atoms with E-state index in [1.165, 1.54) is 154 Å². The second-order valence-corrected chi connectivity index (χ2v) is 17.1. The second kappa shape index (κ2) is 42.4. The normalized spacial score (nSPS) is 13.3. The summed E-state index contributed by atoms with van der Waals surface area (Å²) in [6.07, 6.45) is 43.8. The van der Waals surface area contributed by atoms with Gasteiger partial charge in [0.25, 0.3) is 0 Å². The minimum atomic E-state index is -4.37. The van der Waals surface area contributed by atoms with Gasteiger partial charge in [0.2, 0.25) is 0 Å². The summed E-state index contributed by atoms with van der Waals surface area (Å²) >= 11 is 0. The van der Waals surface area contributed by atoms with Crippen LogP contribution in [-0.2, 0) is 32.7 Å². The van der Waals surface area contributed by atoms with Crippen LogP contribution in [0.3, 0.4) is 0 Å². The fraction of sp³-hybridized carbons (Fsp3) is 0.911. The van der Waals surface area contributed by atoms with Crippen LogP contribution < -0.4 is 5.73 Å². The van der Waals surface area contributed by atoms with Crippen LogP contribution in [0.4, 0.5) is 0 Å². The summed E-state index contributed by atoms with van der Waals surface area (Å²) in [5, 5.41) is 0. The number of unbranched alkanes of at least 4 members (excludes halogenated alkanes) is 29. The largest absolute Gasteiger partial charge is 0.472 e. The fourth-order valence-electron chi connectivity index (χ4n) is 6.69. The summed E-state index contributed by atoms with van der Waals surface area (Å²) in [5.41, 5.74) is 5.35. The van der Waals surface area contributed by atoms with Crippen molar-refractivity contribution in [2.24, 2.45) is 5.73 Å². The molecule has 0 fully saturated rings. The summed E-state index contributed by atoms with van der Waals surface area (Å²) in [6.45, 7) is 3.75. The zero-order valence-corrected chi connectivity index (χ0v) is 36.8. The number of carbonyl (C=O) groups excluding carboxylic acids is 2. The first-order valence-electron chi connectivity index (χ1n) is 23.2. The van der Waals surface area contributed by atoms with E-state index in [4.69, 9.17) is 24.3 Å². The first-order valence-corrected chi connectivity index (χ1v) is 24.7. The lowest BCUT2D eigenvalue weighted by molar-refractivity contribution is -0.161. The van der Waals surface area contributed by atoms with E-state index in [9.17, 15) is 19.0 Å². The molecule has 0 aromatic heterocycles. The van der Waals surface area contributed by atoms with Crippen LogP contribution in [0.5, 0.6) is 0 Å². The molecule has 10 heteroatoms. The summed E-state index contributed by atoms with van der Waals surface area (Å²) in [5.74, 6) is -0.821. The summed E-state index contributed by atoms with van der Waals surface area (Å²) in [4.78, 5) is 34.9. The van der Waals surface area contributed by atoms with Gasteiger partial charge in [-0.3, -0.25) is 18.6 Å². The molecule has 0 aliphatic rings. The van der Waals surface area contributed by atoms with Crippen molar-refractivity contribution < 1.29 is 37.6 Å². The van der Waals surface area contributed by atoms with Crippen molar-refractivity contribution in [3.63, 3.8) is 0 Å². The Balaban J connectivity index is 4.07. The summed E-state index contributed by atoms with van der Waals surface area (Å²) in [6, 6.07) is 0. The standard InChI is InChI=1S/C45H88NO8P/c1-3-5-7-9-11-13-15-17-19-20-21-22-24-26-28-30-32-34-36-38-45(48)54-43(42-53-55(49,50)52-40-39-46)41-51-44(47)37-35-33-31-29-27-25-23-18-16-14-12-10-8-6-4-2/h14,16,43H,3-13,15,17-42,46H2,1-2H3,(H,49,50)/b16-14+/t43-/m1/s1. The Morgan fingerprint density at radius 3 is 1.31 bits per heavy atom. The molecule has 0 bridgehead atoms. The molecular weight excluding hydrogens is 713 g/mol. The third-order valence-corrected chi connectivity index (χ3v) is 11.1. The van der Waals surface area contributed by atoms with E-state index in [0.717, 1.165) is 44.9 Å². The van der Waals surface area contributed by atoms with Crippen LogP contribution in [-0.4, -0.2) is 49.3 Å². The molecular formula is C45H88NO8P. The molecule has 0 spiro atoms. The van der Waals surface area contributed by atoms with E-state index in [0.29, 0.717) is 6.42 Å². The first-order chi connectivity index (χ1) is 26.8. The third-order valence-electron chi connectivity index (χ3n) is 10.2. The van der Waals surface area contributed by atoms with Gasteiger partial charge in [-0.2, -0.15) is 0 Å². The molecule has 9 nitrogen and oxygen atoms in total.